The van der Waals surface area contributed by atoms with E-state index in [0.717, 1.165) is 43.5 Å². The van der Waals surface area contributed by atoms with E-state index in [4.69, 9.17) is 23.9 Å². The van der Waals surface area contributed by atoms with Gasteiger partial charge in [-0.25, -0.2) is 4.98 Å². The fourth-order valence-electron chi connectivity index (χ4n) is 4.77. The molecule has 9 nitrogen and oxygen atoms in total. The highest BCUT2D eigenvalue weighted by Gasteiger charge is 2.20. The Morgan fingerprint density at radius 1 is 0.952 bits per heavy atom. The van der Waals surface area contributed by atoms with Crippen LogP contribution in [0.5, 0.6) is 5.75 Å². The molecule has 3 heterocycles. The van der Waals surface area contributed by atoms with Gasteiger partial charge in [0.2, 0.25) is 5.95 Å². The van der Waals surface area contributed by atoms with Crippen molar-refractivity contribution >= 4 is 61.0 Å². The van der Waals surface area contributed by atoms with Crippen molar-refractivity contribution in [3.63, 3.8) is 0 Å². The number of benzene rings is 3. The number of aromatic nitrogens is 3. The normalized spacial score (nSPS) is 11.1. The summed E-state index contributed by atoms with van der Waals surface area (Å²) >= 11 is 3.52. The van der Waals surface area contributed by atoms with Crippen LogP contribution < -0.4 is 10.1 Å². The standard InChI is InChI=1S/C32H25BrN4O5/c1-40-22-9-7-21(8-10-22)34-31-24-16-19(29-4-3-15-42-29)5-11-26(24)35-32(36-31)37-18-25(28(38)13-14-30(39)41-2)23-17-20(33)6-12-27(23)37/h3-12,15-18H,13-14H2,1-2H3,(H,34,35,36). The van der Waals surface area contributed by atoms with Gasteiger partial charge in [-0.3, -0.25) is 14.2 Å². The summed E-state index contributed by atoms with van der Waals surface area (Å²) in [7, 11) is 2.93. The van der Waals surface area contributed by atoms with Gasteiger partial charge < -0.3 is 19.2 Å². The van der Waals surface area contributed by atoms with Gasteiger partial charge in [0.25, 0.3) is 0 Å². The van der Waals surface area contributed by atoms with Gasteiger partial charge in [0.15, 0.2) is 5.78 Å². The van der Waals surface area contributed by atoms with Gasteiger partial charge in [-0.2, -0.15) is 4.98 Å². The maximum absolute atomic E-state index is 13.2. The Balaban J connectivity index is 1.50. The Kier molecular flexibility index (Phi) is 7.45. The van der Waals surface area contributed by atoms with E-state index >= 15 is 0 Å². The number of fused-ring (bicyclic) bond motifs is 2. The average molecular weight is 625 g/mol. The molecule has 6 aromatic rings. The van der Waals surface area contributed by atoms with Gasteiger partial charge in [0.1, 0.15) is 17.3 Å². The fourth-order valence-corrected chi connectivity index (χ4v) is 5.13. The van der Waals surface area contributed by atoms with Crippen LogP contribution in [0.25, 0.3) is 39.1 Å². The summed E-state index contributed by atoms with van der Waals surface area (Å²) < 4.78 is 18.3. The molecule has 0 atom stereocenters. The minimum absolute atomic E-state index is 0.00356. The number of anilines is 2. The summed E-state index contributed by atoms with van der Waals surface area (Å²) in [6.07, 6.45) is 3.38. The molecule has 0 aliphatic rings. The zero-order chi connectivity index (χ0) is 29.2. The van der Waals surface area contributed by atoms with Crippen LogP contribution in [0.15, 0.2) is 94.1 Å². The average Bonchev–Trinajstić information content (AvgIpc) is 3.68. The maximum Gasteiger partial charge on any atom is 0.305 e. The number of halogens is 1. The molecule has 3 aromatic heterocycles. The van der Waals surface area contributed by atoms with Crippen LogP contribution in [-0.4, -0.2) is 40.5 Å². The second-order valence-electron chi connectivity index (χ2n) is 9.51. The summed E-state index contributed by atoms with van der Waals surface area (Å²) in [5.41, 5.74) is 3.61. The van der Waals surface area contributed by atoms with Crippen LogP contribution in [0, 0.1) is 0 Å². The van der Waals surface area contributed by atoms with Crippen LogP contribution in [0.3, 0.4) is 0 Å². The van der Waals surface area contributed by atoms with Gasteiger partial charge >= 0.3 is 5.97 Å². The van der Waals surface area contributed by atoms with E-state index in [2.05, 4.69) is 21.2 Å². The van der Waals surface area contributed by atoms with Gasteiger partial charge in [-0.05, 0) is 72.8 Å². The number of Topliss-reactive ketones (excluding diaryl/α,β-unsaturated/α-hetero) is 1. The first kappa shape index (κ1) is 27.2. The van der Waals surface area contributed by atoms with E-state index in [0.29, 0.717) is 22.8 Å². The number of nitrogens with one attached hydrogen (secondary N) is 1. The molecule has 0 fully saturated rings. The third kappa shape index (κ3) is 5.36. The monoisotopic (exact) mass is 624 g/mol. The van der Waals surface area contributed by atoms with Crippen molar-refractivity contribution in [1.29, 1.82) is 0 Å². The summed E-state index contributed by atoms with van der Waals surface area (Å²) in [6.45, 7) is 0. The van der Waals surface area contributed by atoms with Crippen LogP contribution >= 0.6 is 15.9 Å². The van der Waals surface area contributed by atoms with E-state index < -0.39 is 5.97 Å². The second-order valence-corrected chi connectivity index (χ2v) is 10.4. The lowest BCUT2D eigenvalue weighted by Gasteiger charge is -2.13. The Hall–Kier alpha value is -4.96. The molecular formula is C32H25BrN4O5. The fraction of sp³-hybridized carbons (Fsp3) is 0.125. The molecule has 0 aliphatic carbocycles. The Bertz CT molecular complexity index is 1930. The van der Waals surface area contributed by atoms with Crippen molar-refractivity contribution in [2.24, 2.45) is 0 Å². The van der Waals surface area contributed by atoms with Crippen LogP contribution in [0.1, 0.15) is 23.2 Å². The van der Waals surface area contributed by atoms with E-state index in [1.165, 1.54) is 7.11 Å². The van der Waals surface area contributed by atoms with Crippen LogP contribution in [-0.2, 0) is 9.53 Å². The molecule has 6 rings (SSSR count). The molecule has 0 aliphatic heterocycles. The summed E-state index contributed by atoms with van der Waals surface area (Å²) in [4.78, 5) is 34.8. The lowest BCUT2D eigenvalue weighted by molar-refractivity contribution is -0.140. The van der Waals surface area contributed by atoms with E-state index in [-0.39, 0.29) is 18.6 Å². The smallest absolute Gasteiger partial charge is 0.305 e. The lowest BCUT2D eigenvalue weighted by atomic mass is 10.1. The summed E-state index contributed by atoms with van der Waals surface area (Å²) in [5, 5.41) is 4.94. The van der Waals surface area contributed by atoms with Crippen molar-refractivity contribution in [2.45, 2.75) is 12.8 Å². The number of methoxy groups -OCH3 is 2. The number of nitrogens with zero attached hydrogens (tertiary/aromatic N) is 3. The van der Waals surface area contributed by atoms with Crippen LogP contribution in [0.4, 0.5) is 11.5 Å². The van der Waals surface area contributed by atoms with Crippen LogP contribution in [0.2, 0.25) is 0 Å². The second kappa shape index (κ2) is 11.5. The number of hydrogen-bond donors (Lipinski definition) is 1. The SMILES string of the molecule is COC(=O)CCC(=O)c1cn(-c2nc(Nc3ccc(OC)cc3)c3cc(-c4ccco4)ccc3n2)c2ccc(Br)cc12. The van der Waals surface area contributed by atoms with Crippen molar-refractivity contribution in [2.75, 3.05) is 19.5 Å². The number of esters is 1. The first-order valence-corrected chi connectivity index (χ1v) is 13.9. The first-order valence-electron chi connectivity index (χ1n) is 13.1. The highest BCUT2D eigenvalue weighted by Crippen LogP contribution is 2.33. The topological polar surface area (TPSA) is 108 Å². The molecule has 0 saturated heterocycles. The molecule has 210 valence electrons. The Morgan fingerprint density at radius 3 is 2.52 bits per heavy atom. The Morgan fingerprint density at radius 2 is 1.79 bits per heavy atom. The first-order chi connectivity index (χ1) is 20.4. The number of rotatable bonds is 9. The molecule has 0 amide bonds. The number of ketones is 1. The largest absolute Gasteiger partial charge is 0.497 e. The predicted octanol–water partition coefficient (Wildman–Crippen LogP) is 7.48. The molecular weight excluding hydrogens is 600 g/mol. The van der Waals surface area contributed by atoms with Crippen molar-refractivity contribution < 1.29 is 23.5 Å². The lowest BCUT2D eigenvalue weighted by Crippen LogP contribution is -2.06. The molecule has 1 N–H and O–H groups in total. The number of carbonyl (C=O) groups excluding carboxylic acids is 2. The summed E-state index contributed by atoms with van der Waals surface area (Å²) in [6, 6.07) is 22.8. The number of ether oxygens (including phenoxy) is 2. The number of furan rings is 1. The van der Waals surface area contributed by atoms with E-state index in [9.17, 15) is 9.59 Å². The molecule has 0 bridgehead atoms. The maximum atomic E-state index is 13.2. The molecule has 10 heteroatoms. The molecule has 0 spiro atoms. The highest BCUT2D eigenvalue weighted by molar-refractivity contribution is 9.10. The summed E-state index contributed by atoms with van der Waals surface area (Å²) in [5.74, 6) is 1.81. The molecule has 0 radical (unpaired) electrons. The van der Waals surface area contributed by atoms with Crippen molar-refractivity contribution in [1.82, 2.24) is 14.5 Å². The van der Waals surface area contributed by atoms with E-state index in [1.807, 2.05) is 72.8 Å². The van der Waals surface area contributed by atoms with Crippen molar-refractivity contribution in [3.8, 4) is 23.0 Å². The molecule has 0 saturated carbocycles. The minimum atomic E-state index is -0.436. The van der Waals surface area contributed by atoms with Crippen molar-refractivity contribution in [3.05, 3.63) is 95.3 Å². The third-order valence-electron chi connectivity index (χ3n) is 6.91. The predicted molar refractivity (Wildman–Crippen MR) is 164 cm³/mol. The van der Waals surface area contributed by atoms with Gasteiger partial charge in [-0.1, -0.05) is 15.9 Å². The molecule has 0 unspecified atom stereocenters. The number of carbonyl (C=O) groups is 2. The van der Waals surface area contributed by atoms with Gasteiger partial charge in [0, 0.05) is 44.7 Å². The Labute approximate surface area is 249 Å². The highest BCUT2D eigenvalue weighted by atomic mass is 79.9. The van der Waals surface area contributed by atoms with Gasteiger partial charge in [-0.15, -0.1) is 0 Å². The van der Waals surface area contributed by atoms with Gasteiger partial charge in [0.05, 0.1) is 37.9 Å². The minimum Gasteiger partial charge on any atom is -0.497 e. The molecule has 3 aromatic carbocycles. The number of hydrogen-bond acceptors (Lipinski definition) is 8. The quantitative estimate of drug-likeness (QED) is 0.130. The third-order valence-corrected chi connectivity index (χ3v) is 7.40. The zero-order valence-electron chi connectivity index (χ0n) is 22.8. The van der Waals surface area contributed by atoms with E-state index in [1.54, 1.807) is 24.1 Å². The molecule has 42 heavy (non-hydrogen) atoms. The zero-order valence-corrected chi connectivity index (χ0v) is 24.3.